The van der Waals surface area contributed by atoms with Crippen LogP contribution in [0.4, 0.5) is 5.82 Å². The van der Waals surface area contributed by atoms with E-state index < -0.39 is 5.60 Å². The fourth-order valence-corrected chi connectivity index (χ4v) is 2.11. The number of aromatic nitrogens is 2. The summed E-state index contributed by atoms with van der Waals surface area (Å²) in [5.74, 6) is 0.310. The number of anilines is 1. The third-order valence-electron chi connectivity index (χ3n) is 3.14. The molecule has 1 atom stereocenters. The van der Waals surface area contributed by atoms with Crippen molar-refractivity contribution >= 4 is 28.9 Å². The van der Waals surface area contributed by atoms with Gasteiger partial charge in [-0.3, -0.25) is 9.48 Å². The quantitative estimate of drug-likeness (QED) is 0.783. The number of ether oxygens (including phenoxy) is 1. The van der Waals surface area contributed by atoms with Crippen LogP contribution in [-0.2, 0) is 16.6 Å². The number of nitrogens with two attached hydrogens (primary N) is 1. The first-order valence-electron chi connectivity index (χ1n) is 5.71. The Hall–Kier alpha value is -1.47. The van der Waals surface area contributed by atoms with Crippen molar-refractivity contribution in [3.63, 3.8) is 0 Å². The average Bonchev–Trinajstić information content (AvgIpc) is 2.88. The van der Waals surface area contributed by atoms with Crippen molar-refractivity contribution in [1.82, 2.24) is 9.78 Å². The summed E-state index contributed by atoms with van der Waals surface area (Å²) < 4.78 is 7.02. The smallest absolute Gasteiger partial charge is 0.257 e. The first kappa shape index (κ1) is 13.0. The van der Waals surface area contributed by atoms with Gasteiger partial charge in [-0.1, -0.05) is 12.2 Å². The molecule has 2 rings (SSSR count). The van der Waals surface area contributed by atoms with Gasteiger partial charge in [0.05, 0.1) is 11.8 Å². The van der Waals surface area contributed by atoms with Gasteiger partial charge < -0.3 is 15.8 Å². The molecule has 1 saturated heterocycles. The van der Waals surface area contributed by atoms with Crippen molar-refractivity contribution in [2.75, 3.05) is 11.9 Å². The van der Waals surface area contributed by atoms with Crippen LogP contribution in [0.5, 0.6) is 0 Å². The zero-order valence-corrected chi connectivity index (χ0v) is 11.2. The van der Waals surface area contributed by atoms with Gasteiger partial charge in [-0.2, -0.15) is 5.10 Å². The average molecular weight is 268 g/mol. The van der Waals surface area contributed by atoms with Crippen molar-refractivity contribution in [3.05, 3.63) is 11.8 Å². The number of nitrogens with zero attached hydrogens (tertiary/aromatic N) is 2. The minimum absolute atomic E-state index is 0.193. The van der Waals surface area contributed by atoms with Crippen LogP contribution in [0.25, 0.3) is 0 Å². The van der Waals surface area contributed by atoms with E-state index in [0.29, 0.717) is 24.4 Å². The highest BCUT2D eigenvalue weighted by molar-refractivity contribution is 7.80. The molecule has 0 bridgehead atoms. The lowest BCUT2D eigenvalue weighted by molar-refractivity contribution is -0.133. The molecule has 0 radical (unpaired) electrons. The molecular weight excluding hydrogens is 252 g/mol. The molecule has 0 aliphatic carbocycles. The molecule has 1 unspecified atom stereocenters. The molecular formula is C11H16N4O2S. The summed E-state index contributed by atoms with van der Waals surface area (Å²) >= 11 is 4.92. The molecule has 1 aliphatic rings. The number of carbonyl (C=O) groups is 1. The summed E-state index contributed by atoms with van der Waals surface area (Å²) in [6, 6.07) is 0. The van der Waals surface area contributed by atoms with E-state index in [4.69, 9.17) is 22.7 Å². The Labute approximate surface area is 110 Å². The highest BCUT2D eigenvalue weighted by atomic mass is 32.1. The van der Waals surface area contributed by atoms with E-state index in [1.807, 2.05) is 0 Å². The summed E-state index contributed by atoms with van der Waals surface area (Å²) in [5, 5.41) is 6.83. The number of hydrogen-bond acceptors (Lipinski definition) is 4. The first-order valence-corrected chi connectivity index (χ1v) is 6.12. The predicted molar refractivity (Wildman–Crippen MR) is 71.3 cm³/mol. The minimum Gasteiger partial charge on any atom is -0.389 e. The van der Waals surface area contributed by atoms with Crippen LogP contribution >= 0.6 is 12.2 Å². The fraction of sp³-hybridized carbons (Fsp3) is 0.545. The number of rotatable bonds is 3. The molecule has 1 aromatic heterocycles. The molecule has 6 nitrogen and oxygen atoms in total. The Kier molecular flexibility index (Phi) is 3.36. The van der Waals surface area contributed by atoms with E-state index in [1.54, 1.807) is 14.0 Å². The van der Waals surface area contributed by atoms with Gasteiger partial charge in [0.25, 0.3) is 5.91 Å². The monoisotopic (exact) mass is 268 g/mol. The Bertz CT molecular complexity index is 491. The van der Waals surface area contributed by atoms with Crippen molar-refractivity contribution < 1.29 is 9.53 Å². The third-order valence-corrected chi connectivity index (χ3v) is 3.36. The Morgan fingerprint density at radius 1 is 1.72 bits per heavy atom. The Morgan fingerprint density at radius 2 is 2.44 bits per heavy atom. The number of nitrogens with one attached hydrogen (secondary N) is 1. The fourth-order valence-electron chi connectivity index (χ4n) is 1.96. The van der Waals surface area contributed by atoms with E-state index in [-0.39, 0.29) is 10.9 Å². The van der Waals surface area contributed by atoms with Gasteiger partial charge in [-0.05, 0) is 19.8 Å². The lowest BCUT2D eigenvalue weighted by Crippen LogP contribution is -2.40. The molecule has 1 aliphatic heterocycles. The van der Waals surface area contributed by atoms with Crippen molar-refractivity contribution in [2.24, 2.45) is 12.8 Å². The van der Waals surface area contributed by atoms with Crippen molar-refractivity contribution in [3.8, 4) is 0 Å². The van der Waals surface area contributed by atoms with Gasteiger partial charge in [0, 0.05) is 13.7 Å². The second-order valence-electron chi connectivity index (χ2n) is 4.53. The zero-order chi connectivity index (χ0) is 13.3. The van der Waals surface area contributed by atoms with Gasteiger partial charge in [0.2, 0.25) is 0 Å². The van der Waals surface area contributed by atoms with Gasteiger partial charge in [0.1, 0.15) is 16.4 Å². The highest BCUT2D eigenvalue weighted by Crippen LogP contribution is 2.27. The molecule has 0 spiro atoms. The molecule has 7 heteroatoms. The number of thiocarbonyl (C=S) groups is 1. The molecule has 1 aromatic rings. The molecule has 1 amide bonds. The largest absolute Gasteiger partial charge is 0.389 e. The van der Waals surface area contributed by atoms with Crippen LogP contribution in [0.1, 0.15) is 25.3 Å². The molecule has 1 fully saturated rings. The van der Waals surface area contributed by atoms with Crippen molar-refractivity contribution in [2.45, 2.75) is 25.4 Å². The molecule has 0 aromatic carbocycles. The predicted octanol–water partition coefficient (Wildman–Crippen LogP) is 0.562. The number of hydrogen-bond donors (Lipinski definition) is 2. The molecule has 3 N–H and O–H groups in total. The van der Waals surface area contributed by atoms with Crippen LogP contribution in [-0.4, -0.2) is 32.9 Å². The van der Waals surface area contributed by atoms with Crippen LogP contribution in [0.3, 0.4) is 0 Å². The third kappa shape index (κ3) is 2.23. The number of aryl methyl sites for hydroxylation is 1. The minimum atomic E-state index is -0.780. The normalized spacial score (nSPS) is 23.0. The first-order chi connectivity index (χ1) is 8.44. The van der Waals surface area contributed by atoms with Crippen LogP contribution in [0.2, 0.25) is 0 Å². The van der Waals surface area contributed by atoms with E-state index in [2.05, 4.69) is 10.4 Å². The summed E-state index contributed by atoms with van der Waals surface area (Å²) in [6.45, 7) is 2.39. The van der Waals surface area contributed by atoms with Crippen LogP contribution in [0, 0.1) is 0 Å². The topological polar surface area (TPSA) is 82.2 Å². The van der Waals surface area contributed by atoms with Gasteiger partial charge in [-0.15, -0.1) is 0 Å². The maximum atomic E-state index is 12.2. The standard InChI is InChI=1S/C11H16N4O2S/c1-11(4-3-5-17-11)10(16)14-9-7(8(12)18)6-13-15(9)2/h6H,3-5H2,1-2H3,(H2,12,18)(H,14,16). The van der Waals surface area contributed by atoms with Crippen LogP contribution < -0.4 is 11.1 Å². The number of amides is 1. The summed E-state index contributed by atoms with van der Waals surface area (Å²) in [4.78, 5) is 12.4. The maximum absolute atomic E-state index is 12.2. The maximum Gasteiger partial charge on any atom is 0.257 e. The van der Waals surface area contributed by atoms with E-state index in [9.17, 15) is 4.79 Å². The van der Waals surface area contributed by atoms with Crippen LogP contribution in [0.15, 0.2) is 6.20 Å². The molecule has 18 heavy (non-hydrogen) atoms. The number of carbonyl (C=O) groups excluding carboxylic acids is 1. The summed E-state index contributed by atoms with van der Waals surface area (Å²) in [5.41, 5.74) is 5.36. The van der Waals surface area contributed by atoms with E-state index in [0.717, 1.165) is 6.42 Å². The van der Waals surface area contributed by atoms with Gasteiger partial charge in [0.15, 0.2) is 0 Å². The van der Waals surface area contributed by atoms with Gasteiger partial charge in [-0.25, -0.2) is 0 Å². The zero-order valence-electron chi connectivity index (χ0n) is 10.4. The SMILES string of the molecule is Cn1ncc(C(N)=S)c1NC(=O)C1(C)CCCO1. The Morgan fingerprint density at radius 3 is 3.00 bits per heavy atom. The second kappa shape index (κ2) is 4.66. The Balaban J connectivity index is 2.21. The molecule has 98 valence electrons. The second-order valence-corrected chi connectivity index (χ2v) is 4.97. The highest BCUT2D eigenvalue weighted by Gasteiger charge is 2.38. The van der Waals surface area contributed by atoms with Crippen molar-refractivity contribution in [1.29, 1.82) is 0 Å². The summed E-state index contributed by atoms with van der Waals surface area (Å²) in [6.07, 6.45) is 3.13. The summed E-state index contributed by atoms with van der Waals surface area (Å²) in [7, 11) is 1.72. The van der Waals surface area contributed by atoms with Gasteiger partial charge >= 0.3 is 0 Å². The lowest BCUT2D eigenvalue weighted by atomic mass is 10.0. The molecule has 2 heterocycles. The van der Waals surface area contributed by atoms with E-state index in [1.165, 1.54) is 10.9 Å². The van der Waals surface area contributed by atoms with E-state index >= 15 is 0 Å². The lowest BCUT2D eigenvalue weighted by Gasteiger charge is -2.22. The molecule has 0 saturated carbocycles.